The highest BCUT2D eigenvalue weighted by Gasteiger charge is 2.20. The Kier molecular flexibility index (Phi) is 6.62. The Morgan fingerprint density at radius 1 is 1.31 bits per heavy atom. The van der Waals surface area contributed by atoms with Crippen LogP contribution in [-0.2, 0) is 9.53 Å². The smallest absolute Gasteiger partial charge is 0.228 e. The minimum absolute atomic E-state index is 0.183. The number of aromatic nitrogens is 1. The van der Waals surface area contributed by atoms with Crippen LogP contribution in [0.25, 0.3) is 10.2 Å². The molecule has 26 heavy (non-hydrogen) atoms. The number of amides is 1. The van der Waals surface area contributed by atoms with Crippen molar-refractivity contribution in [1.29, 1.82) is 0 Å². The van der Waals surface area contributed by atoms with E-state index in [1.165, 1.54) is 15.8 Å². The van der Waals surface area contributed by atoms with Crippen LogP contribution in [0.5, 0.6) is 0 Å². The molecule has 0 radical (unpaired) electrons. The highest BCUT2D eigenvalue weighted by Crippen LogP contribution is 2.32. The summed E-state index contributed by atoms with van der Waals surface area (Å²) >= 11 is 1.63. The monoisotopic (exact) mass is 375 g/mol. The number of carbonyl (C=O) groups is 1. The van der Waals surface area contributed by atoms with Gasteiger partial charge in [-0.3, -0.25) is 14.6 Å². The minimum atomic E-state index is 0.183. The summed E-state index contributed by atoms with van der Waals surface area (Å²) in [6.07, 6.45) is 2.40. The van der Waals surface area contributed by atoms with Crippen LogP contribution in [0.3, 0.4) is 0 Å². The van der Waals surface area contributed by atoms with Crippen molar-refractivity contribution in [1.82, 2.24) is 9.88 Å². The average molecular weight is 376 g/mol. The van der Waals surface area contributed by atoms with Gasteiger partial charge in [0.25, 0.3) is 0 Å². The highest BCUT2D eigenvalue weighted by atomic mass is 32.1. The quantitative estimate of drug-likeness (QED) is 0.739. The number of aryl methyl sites for hydroxylation is 2. The number of ether oxygens (including phenoxy) is 1. The molecule has 2 heterocycles. The van der Waals surface area contributed by atoms with Gasteiger partial charge in [0.15, 0.2) is 5.13 Å². The van der Waals surface area contributed by atoms with Gasteiger partial charge in [-0.25, -0.2) is 4.98 Å². The van der Waals surface area contributed by atoms with Crippen molar-refractivity contribution in [2.45, 2.75) is 40.0 Å². The molecule has 5 nitrogen and oxygen atoms in total. The van der Waals surface area contributed by atoms with Crippen LogP contribution in [0.1, 0.15) is 37.3 Å². The van der Waals surface area contributed by atoms with Crippen LogP contribution in [0.15, 0.2) is 12.1 Å². The summed E-state index contributed by atoms with van der Waals surface area (Å²) in [5.41, 5.74) is 3.45. The van der Waals surface area contributed by atoms with E-state index in [-0.39, 0.29) is 5.91 Å². The number of thiazole rings is 1. The lowest BCUT2D eigenvalue weighted by atomic mass is 10.1. The molecule has 1 fully saturated rings. The fraction of sp³-hybridized carbons (Fsp3) is 0.600. The van der Waals surface area contributed by atoms with Gasteiger partial charge < -0.3 is 4.74 Å². The summed E-state index contributed by atoms with van der Waals surface area (Å²) in [6, 6.07) is 4.32. The zero-order chi connectivity index (χ0) is 18.5. The van der Waals surface area contributed by atoms with Gasteiger partial charge in [0.2, 0.25) is 5.91 Å². The van der Waals surface area contributed by atoms with Gasteiger partial charge >= 0.3 is 0 Å². The Labute approximate surface area is 160 Å². The predicted molar refractivity (Wildman–Crippen MR) is 108 cm³/mol. The van der Waals surface area contributed by atoms with Gasteiger partial charge in [-0.1, -0.05) is 24.3 Å². The third kappa shape index (κ3) is 4.61. The summed E-state index contributed by atoms with van der Waals surface area (Å²) in [7, 11) is 0. The molecule has 0 bridgehead atoms. The zero-order valence-corrected chi connectivity index (χ0v) is 16.9. The standard InChI is InChI=1S/C20H29N3O2S/c1-4-6-18(24)23(8-5-7-22-9-11-25-12-10-22)20-21-19-16(3)13-15(2)14-17(19)26-20/h13-14H,4-12H2,1-3H3. The lowest BCUT2D eigenvalue weighted by Crippen LogP contribution is -2.39. The van der Waals surface area contributed by atoms with Crippen molar-refractivity contribution in [3.05, 3.63) is 23.3 Å². The predicted octanol–water partition coefficient (Wildman–Crippen LogP) is 3.77. The Morgan fingerprint density at radius 3 is 2.81 bits per heavy atom. The zero-order valence-electron chi connectivity index (χ0n) is 16.1. The number of hydrogen-bond acceptors (Lipinski definition) is 5. The maximum Gasteiger partial charge on any atom is 0.228 e. The van der Waals surface area contributed by atoms with E-state index < -0.39 is 0 Å². The van der Waals surface area contributed by atoms with Gasteiger partial charge in [0.05, 0.1) is 23.4 Å². The first-order valence-electron chi connectivity index (χ1n) is 9.56. The lowest BCUT2D eigenvalue weighted by Gasteiger charge is -2.27. The van der Waals surface area contributed by atoms with Crippen molar-refractivity contribution < 1.29 is 9.53 Å². The van der Waals surface area contributed by atoms with E-state index in [4.69, 9.17) is 9.72 Å². The molecular weight excluding hydrogens is 346 g/mol. The molecular formula is C20H29N3O2S. The van der Waals surface area contributed by atoms with E-state index in [1.807, 2.05) is 4.90 Å². The highest BCUT2D eigenvalue weighted by molar-refractivity contribution is 7.22. The summed E-state index contributed by atoms with van der Waals surface area (Å²) in [5, 5.41) is 0.842. The molecule has 0 saturated carbocycles. The van der Waals surface area contributed by atoms with Crippen molar-refractivity contribution >= 4 is 32.6 Å². The Hall–Kier alpha value is -1.50. The fourth-order valence-electron chi connectivity index (χ4n) is 3.43. The Bertz CT molecular complexity index is 753. The first kappa shape index (κ1) is 19.3. The van der Waals surface area contributed by atoms with E-state index in [0.717, 1.165) is 62.9 Å². The van der Waals surface area contributed by atoms with Crippen LogP contribution < -0.4 is 4.90 Å². The molecule has 142 valence electrons. The SMILES string of the molecule is CCCC(=O)N(CCCN1CCOCC1)c1nc2c(C)cc(C)cc2s1. The number of fused-ring (bicyclic) bond motifs is 1. The summed E-state index contributed by atoms with van der Waals surface area (Å²) in [5.74, 6) is 0.183. The van der Waals surface area contributed by atoms with Gasteiger partial charge in [0.1, 0.15) is 0 Å². The van der Waals surface area contributed by atoms with Crippen LogP contribution in [0.2, 0.25) is 0 Å². The van der Waals surface area contributed by atoms with E-state index >= 15 is 0 Å². The number of benzene rings is 1. The van der Waals surface area contributed by atoms with E-state index in [9.17, 15) is 4.79 Å². The van der Waals surface area contributed by atoms with Gasteiger partial charge in [-0.05, 0) is 43.9 Å². The molecule has 6 heteroatoms. The maximum atomic E-state index is 12.7. The maximum absolute atomic E-state index is 12.7. The van der Waals surface area contributed by atoms with Crippen molar-refractivity contribution in [2.24, 2.45) is 0 Å². The molecule has 1 aliphatic rings. The molecule has 1 aromatic carbocycles. The van der Waals surface area contributed by atoms with E-state index in [2.05, 4.69) is 37.8 Å². The molecule has 0 N–H and O–H groups in total. The lowest BCUT2D eigenvalue weighted by molar-refractivity contribution is -0.118. The van der Waals surface area contributed by atoms with Gasteiger partial charge in [-0.2, -0.15) is 0 Å². The summed E-state index contributed by atoms with van der Waals surface area (Å²) < 4.78 is 6.57. The average Bonchev–Trinajstić information content (AvgIpc) is 3.03. The van der Waals surface area contributed by atoms with E-state index in [1.54, 1.807) is 11.3 Å². The Morgan fingerprint density at radius 2 is 2.08 bits per heavy atom. The first-order valence-corrected chi connectivity index (χ1v) is 10.4. The van der Waals surface area contributed by atoms with Crippen molar-refractivity contribution in [2.75, 3.05) is 44.3 Å². The second-order valence-corrected chi connectivity index (χ2v) is 8.04. The number of hydrogen-bond donors (Lipinski definition) is 0. The Balaban J connectivity index is 1.75. The molecule has 3 rings (SSSR count). The van der Waals surface area contributed by atoms with Gasteiger partial charge in [-0.15, -0.1) is 0 Å². The molecule has 1 aliphatic heterocycles. The van der Waals surface area contributed by atoms with E-state index in [0.29, 0.717) is 6.42 Å². The molecule has 0 unspecified atom stereocenters. The number of rotatable bonds is 7. The van der Waals surface area contributed by atoms with Crippen molar-refractivity contribution in [3.8, 4) is 0 Å². The summed E-state index contributed by atoms with van der Waals surface area (Å²) in [6.45, 7) is 11.6. The molecule has 2 aromatic rings. The summed E-state index contributed by atoms with van der Waals surface area (Å²) in [4.78, 5) is 21.8. The van der Waals surface area contributed by atoms with Crippen LogP contribution >= 0.6 is 11.3 Å². The van der Waals surface area contributed by atoms with Crippen LogP contribution in [0.4, 0.5) is 5.13 Å². The van der Waals surface area contributed by atoms with Crippen LogP contribution in [-0.4, -0.2) is 55.2 Å². The second kappa shape index (κ2) is 8.93. The fourth-order valence-corrected chi connectivity index (χ4v) is 4.61. The number of carbonyl (C=O) groups excluding carboxylic acids is 1. The molecule has 1 saturated heterocycles. The van der Waals surface area contributed by atoms with Gasteiger partial charge in [0, 0.05) is 32.6 Å². The molecule has 0 aliphatic carbocycles. The first-order chi connectivity index (χ1) is 12.6. The second-order valence-electron chi connectivity index (χ2n) is 7.03. The minimum Gasteiger partial charge on any atom is -0.379 e. The normalized spacial score (nSPS) is 15.5. The third-order valence-electron chi connectivity index (χ3n) is 4.77. The number of morpholine rings is 1. The third-order valence-corrected chi connectivity index (χ3v) is 5.80. The topological polar surface area (TPSA) is 45.7 Å². The molecule has 0 atom stereocenters. The molecule has 1 amide bonds. The number of anilines is 1. The number of nitrogens with zero attached hydrogens (tertiary/aromatic N) is 3. The largest absolute Gasteiger partial charge is 0.379 e. The van der Waals surface area contributed by atoms with Crippen LogP contribution in [0, 0.1) is 13.8 Å². The van der Waals surface area contributed by atoms with Crippen molar-refractivity contribution in [3.63, 3.8) is 0 Å². The molecule has 1 aromatic heterocycles. The molecule has 0 spiro atoms.